The molecule has 0 spiro atoms. The van der Waals surface area contributed by atoms with Crippen molar-refractivity contribution >= 4 is 12.1 Å². The van der Waals surface area contributed by atoms with Gasteiger partial charge in [-0.1, -0.05) is 48.0 Å². The van der Waals surface area contributed by atoms with Crippen molar-refractivity contribution in [1.82, 2.24) is 9.99 Å². The van der Waals surface area contributed by atoms with Crippen molar-refractivity contribution in [3.05, 3.63) is 105 Å². The van der Waals surface area contributed by atoms with Crippen molar-refractivity contribution in [2.75, 3.05) is 0 Å². The number of benzene rings is 2. The first-order valence-corrected chi connectivity index (χ1v) is 8.37. The molecule has 3 rings (SSSR count). The van der Waals surface area contributed by atoms with Crippen LogP contribution in [0.2, 0.25) is 0 Å². The molecule has 1 aromatic heterocycles. The highest BCUT2D eigenvalue weighted by molar-refractivity contribution is 5.94. The van der Waals surface area contributed by atoms with E-state index in [0.717, 1.165) is 11.1 Å². The summed E-state index contributed by atoms with van der Waals surface area (Å²) in [5, 5.41) is 3.73. The smallest absolute Gasteiger partial charge is 0.276 e. The molecule has 27 heavy (non-hydrogen) atoms. The summed E-state index contributed by atoms with van der Waals surface area (Å²) in [6.07, 6.45) is 2.82. The zero-order valence-corrected chi connectivity index (χ0v) is 14.7. The maximum absolute atomic E-state index is 13.5. The van der Waals surface area contributed by atoms with E-state index in [1.54, 1.807) is 24.4 Å². The lowest BCUT2D eigenvalue weighted by Crippen LogP contribution is -2.30. The first-order chi connectivity index (χ1) is 13.0. The first-order valence-electron chi connectivity index (χ1n) is 8.37. The van der Waals surface area contributed by atoms with Gasteiger partial charge in [-0.3, -0.25) is 9.59 Å². The third-order valence-corrected chi connectivity index (χ3v) is 4.01. The molecule has 1 amide bonds. The molecular formula is C21H18FN3O2. The van der Waals surface area contributed by atoms with E-state index >= 15 is 0 Å². The number of nitrogens with zero attached hydrogens (tertiary/aromatic N) is 2. The van der Waals surface area contributed by atoms with Crippen LogP contribution in [0.25, 0.3) is 0 Å². The maximum atomic E-state index is 13.5. The predicted octanol–water partition coefficient (Wildman–Crippen LogP) is 3.11. The van der Waals surface area contributed by atoms with Gasteiger partial charge in [0.25, 0.3) is 11.5 Å². The van der Waals surface area contributed by atoms with E-state index in [-0.39, 0.29) is 11.1 Å². The van der Waals surface area contributed by atoms with Crippen LogP contribution in [0.3, 0.4) is 0 Å². The van der Waals surface area contributed by atoms with Gasteiger partial charge in [0, 0.05) is 11.8 Å². The number of halogens is 1. The zero-order valence-electron chi connectivity index (χ0n) is 14.7. The fraction of sp³-hybridized carbons (Fsp3) is 0.0952. The molecule has 6 heteroatoms. The number of rotatable bonds is 5. The minimum Gasteiger partial charge on any atom is -0.310 e. The van der Waals surface area contributed by atoms with E-state index in [4.69, 9.17) is 0 Å². The zero-order chi connectivity index (χ0) is 19.2. The van der Waals surface area contributed by atoms with E-state index in [2.05, 4.69) is 10.5 Å². The molecule has 0 aliphatic rings. The summed E-state index contributed by atoms with van der Waals surface area (Å²) >= 11 is 0. The van der Waals surface area contributed by atoms with Crippen molar-refractivity contribution < 1.29 is 9.18 Å². The van der Waals surface area contributed by atoms with Crippen molar-refractivity contribution in [3.63, 3.8) is 0 Å². The van der Waals surface area contributed by atoms with Crippen molar-refractivity contribution in [2.45, 2.75) is 13.5 Å². The van der Waals surface area contributed by atoms with E-state index in [1.165, 1.54) is 29.0 Å². The molecule has 0 radical (unpaired) electrons. The molecule has 0 aliphatic carbocycles. The summed E-state index contributed by atoms with van der Waals surface area (Å²) < 4.78 is 15.0. The number of pyridine rings is 1. The first kappa shape index (κ1) is 18.3. The van der Waals surface area contributed by atoms with Crippen LogP contribution in [0, 0.1) is 12.7 Å². The summed E-state index contributed by atoms with van der Waals surface area (Å²) in [6, 6.07) is 16.9. The fourth-order valence-electron chi connectivity index (χ4n) is 2.52. The molecule has 0 saturated heterocycles. The lowest BCUT2D eigenvalue weighted by Gasteiger charge is -2.08. The molecule has 5 nitrogen and oxygen atoms in total. The van der Waals surface area contributed by atoms with E-state index in [1.807, 2.05) is 31.2 Å². The molecule has 0 bridgehead atoms. The number of aromatic nitrogens is 1. The van der Waals surface area contributed by atoms with Crippen LogP contribution in [-0.2, 0) is 6.54 Å². The van der Waals surface area contributed by atoms with Crippen molar-refractivity contribution in [1.29, 1.82) is 0 Å². The number of hydrazone groups is 1. The molecule has 3 aromatic rings. The number of aryl methyl sites for hydroxylation is 1. The molecule has 1 N–H and O–H groups in total. The molecular weight excluding hydrogens is 345 g/mol. The SMILES string of the molecule is Cc1ccc(Cn2cccc(C(=O)N/N=C\c3ccccc3F)c2=O)cc1. The van der Waals surface area contributed by atoms with Gasteiger partial charge in [-0.05, 0) is 30.7 Å². The Morgan fingerprint density at radius 2 is 1.85 bits per heavy atom. The average molecular weight is 363 g/mol. The number of hydrogen-bond donors (Lipinski definition) is 1. The second-order valence-corrected chi connectivity index (χ2v) is 6.06. The second kappa shape index (κ2) is 8.23. The third kappa shape index (κ3) is 4.55. The average Bonchev–Trinajstić information content (AvgIpc) is 2.66. The number of hydrogen-bond acceptors (Lipinski definition) is 3. The molecule has 0 saturated carbocycles. The number of carbonyl (C=O) groups excluding carboxylic acids is 1. The van der Waals surface area contributed by atoms with Crippen molar-refractivity contribution in [3.8, 4) is 0 Å². The number of nitrogens with one attached hydrogen (secondary N) is 1. The van der Waals surface area contributed by atoms with E-state index in [0.29, 0.717) is 6.54 Å². The Kier molecular flexibility index (Phi) is 5.56. The van der Waals surface area contributed by atoms with Gasteiger partial charge >= 0.3 is 0 Å². The summed E-state index contributed by atoms with van der Waals surface area (Å²) in [5.41, 5.74) is 4.14. The third-order valence-electron chi connectivity index (χ3n) is 4.01. The maximum Gasteiger partial charge on any atom is 0.276 e. The highest BCUT2D eigenvalue weighted by Gasteiger charge is 2.11. The Morgan fingerprint density at radius 3 is 2.59 bits per heavy atom. The normalized spacial score (nSPS) is 10.9. The minimum absolute atomic E-state index is 0.0321. The Bertz CT molecular complexity index is 1040. The molecule has 0 fully saturated rings. The van der Waals surface area contributed by atoms with Crippen LogP contribution in [-0.4, -0.2) is 16.7 Å². The standard InChI is InChI=1S/C21H18FN3O2/c1-15-8-10-16(11-9-15)14-25-12-4-6-18(21(25)27)20(26)24-23-13-17-5-2-3-7-19(17)22/h2-13H,14H2,1H3,(H,24,26)/b23-13-. The van der Waals surface area contributed by atoms with Gasteiger partial charge in [0.05, 0.1) is 12.8 Å². The molecule has 0 atom stereocenters. The summed E-state index contributed by atoms with van der Waals surface area (Å²) in [6.45, 7) is 2.35. The molecule has 136 valence electrons. The second-order valence-electron chi connectivity index (χ2n) is 6.06. The van der Waals surface area contributed by atoms with E-state index < -0.39 is 17.3 Å². The summed E-state index contributed by atoms with van der Waals surface area (Å²) in [4.78, 5) is 24.8. The lowest BCUT2D eigenvalue weighted by molar-refractivity contribution is 0.0953. The Balaban J connectivity index is 1.74. The largest absolute Gasteiger partial charge is 0.310 e. The summed E-state index contributed by atoms with van der Waals surface area (Å²) in [5.74, 6) is -1.10. The van der Waals surface area contributed by atoms with Gasteiger partial charge in [-0.25, -0.2) is 9.82 Å². The highest BCUT2D eigenvalue weighted by atomic mass is 19.1. The van der Waals surface area contributed by atoms with Gasteiger partial charge in [-0.15, -0.1) is 0 Å². The van der Waals surface area contributed by atoms with Gasteiger partial charge in [0.15, 0.2) is 0 Å². The molecule has 0 aliphatic heterocycles. The topological polar surface area (TPSA) is 63.5 Å². The van der Waals surface area contributed by atoms with Crippen LogP contribution < -0.4 is 11.0 Å². The Hall–Kier alpha value is -3.54. The van der Waals surface area contributed by atoms with Crippen LogP contribution >= 0.6 is 0 Å². The van der Waals surface area contributed by atoms with Gasteiger partial charge in [0.2, 0.25) is 0 Å². The molecule has 1 heterocycles. The van der Waals surface area contributed by atoms with Crippen molar-refractivity contribution in [2.24, 2.45) is 5.10 Å². The monoisotopic (exact) mass is 363 g/mol. The summed E-state index contributed by atoms with van der Waals surface area (Å²) in [7, 11) is 0. The van der Waals surface area contributed by atoms with E-state index in [9.17, 15) is 14.0 Å². The lowest BCUT2D eigenvalue weighted by atomic mass is 10.1. The molecule has 2 aromatic carbocycles. The number of carbonyl (C=O) groups is 1. The van der Waals surface area contributed by atoms with Crippen LogP contribution in [0.5, 0.6) is 0 Å². The van der Waals surface area contributed by atoms with Gasteiger partial charge < -0.3 is 4.57 Å². The van der Waals surface area contributed by atoms with Crippen LogP contribution in [0.15, 0.2) is 76.8 Å². The highest BCUT2D eigenvalue weighted by Crippen LogP contribution is 2.05. The quantitative estimate of drug-likeness (QED) is 0.559. The molecule has 0 unspecified atom stereocenters. The van der Waals surface area contributed by atoms with Crippen LogP contribution in [0.4, 0.5) is 4.39 Å². The number of amides is 1. The fourth-order valence-corrected chi connectivity index (χ4v) is 2.52. The minimum atomic E-state index is -0.647. The van der Waals surface area contributed by atoms with Gasteiger partial charge in [-0.2, -0.15) is 5.10 Å². The van der Waals surface area contributed by atoms with Gasteiger partial charge in [0.1, 0.15) is 11.4 Å². The Labute approximate surface area is 155 Å². The Morgan fingerprint density at radius 1 is 1.11 bits per heavy atom. The van der Waals surface area contributed by atoms with Crippen LogP contribution in [0.1, 0.15) is 27.0 Å². The predicted molar refractivity (Wildman–Crippen MR) is 102 cm³/mol.